The molecule has 1 atom stereocenters. The van der Waals surface area contributed by atoms with Crippen LogP contribution in [-0.2, 0) is 4.79 Å². The highest BCUT2D eigenvalue weighted by atomic mass is 19.1. The number of carbonyl (C=O) groups is 2. The van der Waals surface area contributed by atoms with E-state index in [-0.39, 0.29) is 23.4 Å². The second-order valence-electron chi connectivity index (χ2n) is 6.60. The quantitative estimate of drug-likeness (QED) is 0.885. The summed E-state index contributed by atoms with van der Waals surface area (Å²) in [5, 5.41) is 11.9. The second-order valence-corrected chi connectivity index (χ2v) is 6.60. The van der Waals surface area contributed by atoms with Crippen LogP contribution in [-0.4, -0.2) is 35.8 Å². The third-order valence-electron chi connectivity index (χ3n) is 4.59. The van der Waals surface area contributed by atoms with E-state index in [2.05, 4.69) is 5.32 Å². The van der Waals surface area contributed by atoms with E-state index >= 15 is 0 Å². The zero-order valence-corrected chi connectivity index (χ0v) is 15.0. The van der Waals surface area contributed by atoms with Gasteiger partial charge in [-0.3, -0.25) is 9.59 Å². The van der Waals surface area contributed by atoms with Gasteiger partial charge in [0.25, 0.3) is 5.91 Å². The summed E-state index contributed by atoms with van der Waals surface area (Å²) in [6.45, 7) is 3.24. The molecular weight excluding hydrogens is 345 g/mol. The molecular formula is C21H20FN3O2. The van der Waals surface area contributed by atoms with Gasteiger partial charge in [-0.2, -0.15) is 5.26 Å². The third-order valence-corrected chi connectivity index (χ3v) is 4.59. The number of benzene rings is 2. The molecule has 3 rings (SSSR count). The maximum absolute atomic E-state index is 13.5. The van der Waals surface area contributed by atoms with E-state index in [1.54, 1.807) is 35.2 Å². The molecule has 5 nitrogen and oxygen atoms in total. The zero-order chi connectivity index (χ0) is 19.4. The Kier molecular flexibility index (Phi) is 5.51. The molecule has 138 valence electrons. The lowest BCUT2D eigenvalue weighted by atomic mass is 10.0. The van der Waals surface area contributed by atoms with Crippen molar-refractivity contribution in [1.29, 1.82) is 5.26 Å². The van der Waals surface area contributed by atoms with Gasteiger partial charge in [0.05, 0.1) is 11.6 Å². The van der Waals surface area contributed by atoms with Gasteiger partial charge in [0.15, 0.2) is 0 Å². The Hall–Kier alpha value is -3.20. The number of likely N-dealkylation sites (tertiary alicyclic amines) is 1. The molecule has 1 saturated heterocycles. The summed E-state index contributed by atoms with van der Waals surface area (Å²) in [5.41, 5.74) is 1.79. The van der Waals surface area contributed by atoms with E-state index in [1.807, 2.05) is 13.0 Å². The van der Waals surface area contributed by atoms with Gasteiger partial charge in [0.2, 0.25) is 5.91 Å². The molecule has 2 aromatic carbocycles. The van der Waals surface area contributed by atoms with E-state index in [0.717, 1.165) is 6.42 Å². The Morgan fingerprint density at radius 2 is 2.07 bits per heavy atom. The minimum Gasteiger partial charge on any atom is -0.347 e. The molecule has 2 amide bonds. The number of nitriles is 1. The van der Waals surface area contributed by atoms with Crippen molar-refractivity contribution in [3.05, 3.63) is 59.4 Å². The van der Waals surface area contributed by atoms with Crippen molar-refractivity contribution in [2.24, 2.45) is 0 Å². The molecule has 2 aromatic rings. The van der Waals surface area contributed by atoms with Gasteiger partial charge in [-0.25, -0.2) is 4.39 Å². The van der Waals surface area contributed by atoms with E-state index < -0.39 is 5.82 Å². The monoisotopic (exact) mass is 365 g/mol. The van der Waals surface area contributed by atoms with Crippen LogP contribution in [0.15, 0.2) is 42.5 Å². The van der Waals surface area contributed by atoms with Crippen LogP contribution in [0.3, 0.4) is 0 Å². The fourth-order valence-electron chi connectivity index (χ4n) is 3.25. The van der Waals surface area contributed by atoms with Crippen molar-refractivity contribution in [2.75, 3.05) is 13.1 Å². The molecule has 1 aliphatic rings. The second kappa shape index (κ2) is 8.00. The van der Waals surface area contributed by atoms with Gasteiger partial charge in [-0.1, -0.05) is 25.1 Å². The van der Waals surface area contributed by atoms with E-state index in [1.165, 1.54) is 12.1 Å². The minimum absolute atomic E-state index is 0.0390. The number of nitrogens with one attached hydrogen (secondary N) is 1. The maximum Gasteiger partial charge on any atom is 0.251 e. The highest BCUT2D eigenvalue weighted by Crippen LogP contribution is 2.23. The van der Waals surface area contributed by atoms with Crippen molar-refractivity contribution in [3.8, 4) is 17.2 Å². The van der Waals surface area contributed by atoms with Crippen LogP contribution < -0.4 is 5.32 Å². The lowest BCUT2D eigenvalue weighted by molar-refractivity contribution is -0.127. The minimum atomic E-state index is -0.572. The lowest BCUT2D eigenvalue weighted by Gasteiger charge is -2.16. The molecule has 1 heterocycles. The number of nitrogens with zero attached hydrogens (tertiary/aromatic N) is 2. The smallest absolute Gasteiger partial charge is 0.251 e. The molecule has 0 spiro atoms. The number of amides is 2. The number of halogens is 1. The summed E-state index contributed by atoms with van der Waals surface area (Å²) in [7, 11) is 0. The van der Waals surface area contributed by atoms with E-state index in [0.29, 0.717) is 36.2 Å². The van der Waals surface area contributed by atoms with Gasteiger partial charge in [-0.15, -0.1) is 0 Å². The summed E-state index contributed by atoms with van der Waals surface area (Å²) in [6, 6.07) is 12.8. The summed E-state index contributed by atoms with van der Waals surface area (Å²) in [6.07, 6.45) is 1.20. The summed E-state index contributed by atoms with van der Waals surface area (Å²) < 4.78 is 13.5. The van der Waals surface area contributed by atoms with Crippen LogP contribution >= 0.6 is 0 Å². The molecule has 0 bridgehead atoms. The Labute approximate surface area is 157 Å². The standard InChI is InChI=1S/C21H20FN3O2/c1-2-8-25-13-18(11-20(25)26)24-21(27)16-5-3-4-14(9-16)15-6-7-19(22)17(10-15)12-23/h3-7,9-10,18H,2,8,11,13H2,1H3,(H,24,27)/t18-/m1/s1. The predicted molar refractivity (Wildman–Crippen MR) is 99.3 cm³/mol. The van der Waals surface area contributed by atoms with Crippen LogP contribution in [0.4, 0.5) is 4.39 Å². The van der Waals surface area contributed by atoms with E-state index in [4.69, 9.17) is 5.26 Å². The normalized spacial score (nSPS) is 16.3. The Morgan fingerprint density at radius 1 is 1.30 bits per heavy atom. The molecule has 0 unspecified atom stereocenters. The molecule has 1 N–H and O–H groups in total. The van der Waals surface area contributed by atoms with Crippen LogP contribution in [0.25, 0.3) is 11.1 Å². The van der Waals surface area contributed by atoms with Gasteiger partial charge in [0.1, 0.15) is 11.9 Å². The van der Waals surface area contributed by atoms with Crippen LogP contribution in [0, 0.1) is 17.1 Å². The van der Waals surface area contributed by atoms with Gasteiger partial charge in [-0.05, 0) is 41.8 Å². The average molecular weight is 365 g/mol. The van der Waals surface area contributed by atoms with Crippen molar-refractivity contribution in [2.45, 2.75) is 25.8 Å². The van der Waals surface area contributed by atoms with Gasteiger partial charge >= 0.3 is 0 Å². The maximum atomic E-state index is 13.5. The fourth-order valence-corrected chi connectivity index (χ4v) is 3.25. The van der Waals surface area contributed by atoms with Crippen molar-refractivity contribution >= 4 is 11.8 Å². The number of hydrogen-bond acceptors (Lipinski definition) is 3. The highest BCUT2D eigenvalue weighted by Gasteiger charge is 2.30. The summed E-state index contributed by atoms with van der Waals surface area (Å²) in [5.74, 6) is -0.764. The lowest BCUT2D eigenvalue weighted by Crippen LogP contribution is -2.37. The van der Waals surface area contributed by atoms with Crippen LogP contribution in [0.5, 0.6) is 0 Å². The largest absolute Gasteiger partial charge is 0.347 e. The molecule has 0 radical (unpaired) electrons. The fraction of sp³-hybridized carbons (Fsp3) is 0.286. The Bertz CT molecular complexity index is 920. The SMILES string of the molecule is CCCN1C[C@H](NC(=O)c2cccc(-c3ccc(F)c(C#N)c3)c2)CC1=O. The predicted octanol–water partition coefficient (Wildman–Crippen LogP) is 3.11. The average Bonchev–Trinajstić information content (AvgIpc) is 3.01. The molecule has 1 aliphatic heterocycles. The molecule has 0 saturated carbocycles. The van der Waals surface area contributed by atoms with Crippen molar-refractivity contribution in [1.82, 2.24) is 10.2 Å². The first kappa shape index (κ1) is 18.6. The van der Waals surface area contributed by atoms with Crippen LogP contribution in [0.2, 0.25) is 0 Å². The van der Waals surface area contributed by atoms with Crippen molar-refractivity contribution in [3.63, 3.8) is 0 Å². The number of hydrogen-bond donors (Lipinski definition) is 1. The first-order valence-corrected chi connectivity index (χ1v) is 8.90. The topological polar surface area (TPSA) is 73.2 Å². The molecule has 27 heavy (non-hydrogen) atoms. The Morgan fingerprint density at radius 3 is 2.81 bits per heavy atom. The number of rotatable bonds is 5. The van der Waals surface area contributed by atoms with Gasteiger partial charge < -0.3 is 10.2 Å². The van der Waals surface area contributed by atoms with Crippen molar-refractivity contribution < 1.29 is 14.0 Å². The number of carbonyl (C=O) groups excluding carboxylic acids is 2. The zero-order valence-electron chi connectivity index (χ0n) is 15.0. The molecule has 0 aromatic heterocycles. The highest BCUT2D eigenvalue weighted by molar-refractivity contribution is 5.96. The van der Waals surface area contributed by atoms with Crippen LogP contribution in [0.1, 0.15) is 35.7 Å². The first-order valence-electron chi connectivity index (χ1n) is 8.90. The third kappa shape index (κ3) is 4.14. The van der Waals surface area contributed by atoms with E-state index in [9.17, 15) is 14.0 Å². The summed E-state index contributed by atoms with van der Waals surface area (Å²) in [4.78, 5) is 26.3. The molecule has 0 aliphatic carbocycles. The van der Waals surface area contributed by atoms with Gasteiger partial charge in [0, 0.05) is 25.1 Å². The first-order chi connectivity index (χ1) is 13.0. The molecule has 6 heteroatoms. The Balaban J connectivity index is 1.75. The molecule has 1 fully saturated rings. The summed E-state index contributed by atoms with van der Waals surface area (Å²) >= 11 is 0.